The van der Waals surface area contributed by atoms with E-state index in [2.05, 4.69) is 10.3 Å². The second-order valence-corrected chi connectivity index (χ2v) is 2.92. The summed E-state index contributed by atoms with van der Waals surface area (Å²) in [5, 5.41) is 2.41. The number of rotatable bonds is 4. The largest absolute Gasteiger partial charge is 0.481 e. The summed E-state index contributed by atoms with van der Waals surface area (Å²) >= 11 is 0. The third-order valence-electron chi connectivity index (χ3n) is 1.77. The molecule has 1 aromatic heterocycles. The zero-order chi connectivity index (χ0) is 11.3. The van der Waals surface area contributed by atoms with Crippen LogP contribution < -0.4 is 10.1 Å². The molecule has 0 unspecified atom stereocenters. The Bertz CT molecular complexity index is 377. The average molecular weight is 208 g/mol. The lowest BCUT2D eigenvalue weighted by Gasteiger charge is -2.06. The lowest BCUT2D eigenvalue weighted by Crippen LogP contribution is -2.25. The van der Waals surface area contributed by atoms with E-state index in [1.165, 1.54) is 7.05 Å². The van der Waals surface area contributed by atoms with E-state index >= 15 is 0 Å². The maximum absolute atomic E-state index is 10.9. The Labute approximate surface area is 87.5 Å². The zero-order valence-corrected chi connectivity index (χ0v) is 8.61. The van der Waals surface area contributed by atoms with Gasteiger partial charge in [0.1, 0.15) is 11.4 Å². The molecule has 0 radical (unpaired) electrons. The van der Waals surface area contributed by atoms with Crippen molar-refractivity contribution in [1.82, 2.24) is 10.3 Å². The van der Waals surface area contributed by atoms with Crippen molar-refractivity contribution in [3.05, 3.63) is 23.5 Å². The minimum absolute atomic E-state index is 0.123. The van der Waals surface area contributed by atoms with E-state index in [1.807, 2.05) is 0 Å². The first-order chi connectivity index (χ1) is 7.17. The van der Waals surface area contributed by atoms with E-state index in [4.69, 9.17) is 4.74 Å². The molecule has 0 bridgehead atoms. The van der Waals surface area contributed by atoms with Crippen molar-refractivity contribution in [2.75, 3.05) is 13.7 Å². The topological polar surface area (TPSA) is 68.3 Å². The maximum atomic E-state index is 10.9. The minimum atomic E-state index is -0.257. The van der Waals surface area contributed by atoms with Crippen molar-refractivity contribution in [2.24, 2.45) is 0 Å². The Morgan fingerprint density at radius 2 is 2.33 bits per heavy atom. The van der Waals surface area contributed by atoms with Crippen LogP contribution in [0.2, 0.25) is 0 Å². The van der Waals surface area contributed by atoms with Crippen molar-refractivity contribution >= 4 is 12.2 Å². The molecule has 15 heavy (non-hydrogen) atoms. The molecule has 0 saturated heterocycles. The highest BCUT2D eigenvalue weighted by molar-refractivity contribution is 5.79. The summed E-state index contributed by atoms with van der Waals surface area (Å²) in [6, 6.07) is 3.33. The number of carbonyl (C=O) groups is 2. The first-order valence-corrected chi connectivity index (χ1v) is 4.43. The van der Waals surface area contributed by atoms with Crippen LogP contribution in [0.4, 0.5) is 0 Å². The molecule has 5 nitrogen and oxygen atoms in total. The van der Waals surface area contributed by atoms with Gasteiger partial charge in [-0.25, -0.2) is 4.98 Å². The smallest absolute Gasteiger partial charge is 0.257 e. The van der Waals surface area contributed by atoms with Gasteiger partial charge in [-0.15, -0.1) is 0 Å². The molecule has 1 N–H and O–H groups in total. The van der Waals surface area contributed by atoms with E-state index in [0.717, 1.165) is 5.69 Å². The summed E-state index contributed by atoms with van der Waals surface area (Å²) < 4.78 is 5.13. The molecule has 0 fully saturated rings. The molecular formula is C10H12N2O3. The summed E-state index contributed by atoms with van der Waals surface area (Å²) in [4.78, 5) is 25.5. The van der Waals surface area contributed by atoms with Gasteiger partial charge in [-0.1, -0.05) is 0 Å². The second-order valence-electron chi connectivity index (χ2n) is 2.92. The highest BCUT2D eigenvalue weighted by atomic mass is 16.5. The van der Waals surface area contributed by atoms with Crippen LogP contribution in [0, 0.1) is 6.92 Å². The standard InChI is InChI=1S/C10H12N2O3/c1-7-3-4-9(8(5-13)12-7)15-6-10(14)11-2/h3-5H,6H2,1-2H3,(H,11,14). The van der Waals surface area contributed by atoms with Crippen LogP contribution in [0.3, 0.4) is 0 Å². The molecule has 1 heterocycles. The van der Waals surface area contributed by atoms with Gasteiger partial charge in [-0.05, 0) is 19.1 Å². The highest BCUT2D eigenvalue weighted by Gasteiger charge is 2.06. The number of carbonyl (C=O) groups excluding carboxylic acids is 2. The SMILES string of the molecule is CNC(=O)COc1ccc(C)nc1C=O. The fourth-order valence-corrected chi connectivity index (χ4v) is 0.986. The number of hydrogen-bond acceptors (Lipinski definition) is 4. The Kier molecular flexibility index (Phi) is 3.79. The average Bonchev–Trinajstić information content (AvgIpc) is 2.26. The van der Waals surface area contributed by atoms with Crippen molar-refractivity contribution in [3.8, 4) is 5.75 Å². The number of aryl methyl sites for hydroxylation is 1. The first-order valence-electron chi connectivity index (χ1n) is 4.43. The second kappa shape index (κ2) is 5.09. The van der Waals surface area contributed by atoms with Crippen LogP contribution in [0.1, 0.15) is 16.2 Å². The van der Waals surface area contributed by atoms with E-state index < -0.39 is 0 Å². The number of nitrogens with one attached hydrogen (secondary N) is 1. The molecular weight excluding hydrogens is 196 g/mol. The third-order valence-corrected chi connectivity index (χ3v) is 1.77. The molecule has 0 aliphatic rings. The fourth-order valence-electron chi connectivity index (χ4n) is 0.986. The molecule has 0 aliphatic heterocycles. The number of aldehydes is 1. The lowest BCUT2D eigenvalue weighted by molar-refractivity contribution is -0.122. The van der Waals surface area contributed by atoms with Crippen molar-refractivity contribution in [3.63, 3.8) is 0 Å². The summed E-state index contributed by atoms with van der Waals surface area (Å²) in [5.41, 5.74) is 0.934. The monoisotopic (exact) mass is 208 g/mol. The van der Waals surface area contributed by atoms with Gasteiger partial charge in [0.2, 0.25) is 0 Å². The molecule has 1 amide bonds. The fraction of sp³-hybridized carbons (Fsp3) is 0.300. The van der Waals surface area contributed by atoms with Gasteiger partial charge in [-0.2, -0.15) is 0 Å². The van der Waals surface area contributed by atoms with Gasteiger partial charge < -0.3 is 10.1 Å². The van der Waals surface area contributed by atoms with Crippen LogP contribution in [0.5, 0.6) is 5.75 Å². The van der Waals surface area contributed by atoms with E-state index in [-0.39, 0.29) is 18.2 Å². The molecule has 1 rings (SSSR count). The normalized spacial score (nSPS) is 9.47. The molecule has 0 spiro atoms. The van der Waals surface area contributed by atoms with Gasteiger partial charge >= 0.3 is 0 Å². The molecule has 1 aromatic rings. The Balaban J connectivity index is 2.76. The Hall–Kier alpha value is -1.91. The predicted octanol–water partition coefficient (Wildman–Crippen LogP) is 0.327. The van der Waals surface area contributed by atoms with Crippen LogP contribution in [0.15, 0.2) is 12.1 Å². The number of ether oxygens (including phenoxy) is 1. The number of pyridine rings is 1. The third kappa shape index (κ3) is 3.05. The molecule has 5 heteroatoms. The zero-order valence-electron chi connectivity index (χ0n) is 8.61. The van der Waals surface area contributed by atoms with Crippen molar-refractivity contribution in [2.45, 2.75) is 6.92 Å². The quantitative estimate of drug-likeness (QED) is 0.724. The number of amides is 1. The summed E-state index contributed by atoms with van der Waals surface area (Å²) in [5.74, 6) is 0.0617. The number of aromatic nitrogens is 1. The number of likely N-dealkylation sites (N-methyl/N-ethyl adjacent to an activating group) is 1. The molecule has 0 saturated carbocycles. The lowest BCUT2D eigenvalue weighted by atomic mass is 10.3. The van der Waals surface area contributed by atoms with Gasteiger partial charge in [-0.3, -0.25) is 9.59 Å². The summed E-state index contributed by atoms with van der Waals surface area (Å²) in [7, 11) is 1.51. The van der Waals surface area contributed by atoms with Crippen LogP contribution in [-0.2, 0) is 4.79 Å². The van der Waals surface area contributed by atoms with E-state index in [9.17, 15) is 9.59 Å². The van der Waals surface area contributed by atoms with Crippen molar-refractivity contribution in [1.29, 1.82) is 0 Å². The van der Waals surface area contributed by atoms with E-state index in [1.54, 1.807) is 19.1 Å². The molecule has 0 aliphatic carbocycles. The van der Waals surface area contributed by atoms with Crippen molar-refractivity contribution < 1.29 is 14.3 Å². The predicted molar refractivity (Wildman–Crippen MR) is 53.9 cm³/mol. The molecule has 0 aromatic carbocycles. The summed E-state index contributed by atoms with van der Waals surface area (Å²) in [6.45, 7) is 1.65. The van der Waals surface area contributed by atoms with Crippen LogP contribution in [0.25, 0.3) is 0 Å². The van der Waals surface area contributed by atoms with Crippen LogP contribution >= 0.6 is 0 Å². The maximum Gasteiger partial charge on any atom is 0.257 e. The summed E-state index contributed by atoms with van der Waals surface area (Å²) in [6.07, 6.45) is 0.603. The van der Waals surface area contributed by atoms with Gasteiger partial charge in [0.05, 0.1) is 0 Å². The van der Waals surface area contributed by atoms with Gasteiger partial charge in [0.15, 0.2) is 12.9 Å². The van der Waals surface area contributed by atoms with E-state index in [0.29, 0.717) is 12.0 Å². The van der Waals surface area contributed by atoms with Gasteiger partial charge in [0.25, 0.3) is 5.91 Å². The Morgan fingerprint density at radius 1 is 1.60 bits per heavy atom. The first kappa shape index (κ1) is 11.2. The highest BCUT2D eigenvalue weighted by Crippen LogP contribution is 2.14. The molecule has 80 valence electrons. The molecule has 0 atom stereocenters. The van der Waals surface area contributed by atoms with Gasteiger partial charge in [0, 0.05) is 12.7 Å². The number of hydrogen-bond donors (Lipinski definition) is 1. The number of nitrogens with zero attached hydrogens (tertiary/aromatic N) is 1. The van der Waals surface area contributed by atoms with Crippen LogP contribution in [-0.4, -0.2) is 30.8 Å². The Morgan fingerprint density at radius 3 is 2.93 bits per heavy atom. The minimum Gasteiger partial charge on any atom is -0.481 e.